The van der Waals surface area contributed by atoms with Crippen molar-refractivity contribution in [3.8, 4) is 0 Å². The summed E-state index contributed by atoms with van der Waals surface area (Å²) in [6.07, 6.45) is 9.38. The maximum absolute atomic E-state index is 5.87. The van der Waals surface area contributed by atoms with E-state index in [9.17, 15) is 0 Å². The van der Waals surface area contributed by atoms with Crippen LogP contribution in [0.3, 0.4) is 0 Å². The summed E-state index contributed by atoms with van der Waals surface area (Å²) in [6, 6.07) is 0. The molecule has 0 saturated carbocycles. The second kappa shape index (κ2) is 5.73. The van der Waals surface area contributed by atoms with Gasteiger partial charge in [-0.2, -0.15) is 11.8 Å². The molecule has 0 aliphatic carbocycles. The van der Waals surface area contributed by atoms with Gasteiger partial charge < -0.3 is 4.90 Å². The molecular formula is C11H16ClN3S. The van der Waals surface area contributed by atoms with Gasteiger partial charge in [-0.1, -0.05) is 18.0 Å². The van der Waals surface area contributed by atoms with Gasteiger partial charge >= 0.3 is 0 Å². The predicted molar refractivity (Wildman–Crippen MR) is 70.4 cm³/mol. The maximum atomic E-state index is 5.87. The second-order valence-electron chi connectivity index (χ2n) is 4.00. The average molecular weight is 258 g/mol. The number of thioether (sulfide) groups is 1. The van der Waals surface area contributed by atoms with Crippen LogP contribution in [0, 0.1) is 0 Å². The smallest absolute Gasteiger partial charge is 0.149 e. The number of halogens is 1. The van der Waals surface area contributed by atoms with E-state index in [0.29, 0.717) is 10.4 Å². The van der Waals surface area contributed by atoms with Crippen LogP contribution >= 0.6 is 23.4 Å². The Hall–Kier alpha value is -0.480. The Kier molecular flexibility index (Phi) is 4.29. The molecule has 0 bridgehead atoms. The van der Waals surface area contributed by atoms with Crippen molar-refractivity contribution in [3.05, 3.63) is 17.5 Å². The highest BCUT2D eigenvalue weighted by Gasteiger charge is 2.18. The molecule has 3 nitrogen and oxygen atoms in total. The molecule has 0 spiro atoms. The standard InChI is InChI=1S/C11H16ClN3S/c1-16-9-4-2-3-5-15(8-9)11-7-13-6-10(12)14-11/h6-7,9H,2-5,8H2,1H3. The third-order valence-corrected chi connectivity index (χ3v) is 4.11. The molecule has 1 aromatic rings. The summed E-state index contributed by atoms with van der Waals surface area (Å²) in [5.41, 5.74) is 0. The molecule has 1 aromatic heterocycles. The molecule has 2 heterocycles. The zero-order valence-electron chi connectivity index (χ0n) is 9.40. The zero-order valence-corrected chi connectivity index (χ0v) is 11.0. The quantitative estimate of drug-likeness (QED) is 0.815. The minimum Gasteiger partial charge on any atom is -0.354 e. The topological polar surface area (TPSA) is 29.0 Å². The van der Waals surface area contributed by atoms with Gasteiger partial charge in [0.05, 0.1) is 12.4 Å². The van der Waals surface area contributed by atoms with Crippen molar-refractivity contribution in [2.45, 2.75) is 24.5 Å². The summed E-state index contributed by atoms with van der Waals surface area (Å²) in [5, 5.41) is 1.17. The summed E-state index contributed by atoms with van der Waals surface area (Å²) in [4.78, 5) is 10.7. The third-order valence-electron chi connectivity index (χ3n) is 2.88. The Morgan fingerprint density at radius 3 is 3.06 bits per heavy atom. The molecule has 1 saturated heterocycles. The first-order valence-corrected chi connectivity index (χ1v) is 7.21. The van der Waals surface area contributed by atoms with Crippen molar-refractivity contribution in [3.63, 3.8) is 0 Å². The number of hydrogen-bond donors (Lipinski definition) is 0. The molecule has 88 valence electrons. The normalized spacial score (nSPS) is 21.9. The number of aromatic nitrogens is 2. The van der Waals surface area contributed by atoms with E-state index >= 15 is 0 Å². The van der Waals surface area contributed by atoms with Crippen LogP contribution < -0.4 is 4.90 Å². The van der Waals surface area contributed by atoms with E-state index in [4.69, 9.17) is 11.6 Å². The van der Waals surface area contributed by atoms with Crippen molar-refractivity contribution in [2.24, 2.45) is 0 Å². The lowest BCUT2D eigenvalue weighted by atomic mass is 10.2. The first kappa shape index (κ1) is 12.0. The molecule has 0 N–H and O–H groups in total. The summed E-state index contributed by atoms with van der Waals surface area (Å²) in [5.74, 6) is 0.911. The molecule has 1 fully saturated rings. The molecule has 0 radical (unpaired) electrons. The fourth-order valence-corrected chi connectivity index (χ4v) is 2.86. The van der Waals surface area contributed by atoms with Gasteiger partial charge in [-0.25, -0.2) is 4.98 Å². The fraction of sp³-hybridized carbons (Fsp3) is 0.636. The van der Waals surface area contributed by atoms with Gasteiger partial charge in [-0.05, 0) is 19.1 Å². The van der Waals surface area contributed by atoms with E-state index in [-0.39, 0.29) is 0 Å². The highest BCUT2D eigenvalue weighted by atomic mass is 35.5. The molecule has 0 amide bonds. The van der Waals surface area contributed by atoms with Gasteiger partial charge in [-0.15, -0.1) is 0 Å². The molecule has 5 heteroatoms. The van der Waals surface area contributed by atoms with Crippen molar-refractivity contribution < 1.29 is 0 Å². The minimum atomic E-state index is 0.474. The summed E-state index contributed by atoms with van der Waals surface area (Å²) in [7, 11) is 0. The predicted octanol–water partition coefficient (Wildman–Crippen LogP) is 2.85. The fourth-order valence-electron chi connectivity index (χ4n) is 1.99. The monoisotopic (exact) mass is 257 g/mol. The molecule has 1 unspecified atom stereocenters. The molecule has 16 heavy (non-hydrogen) atoms. The van der Waals surface area contributed by atoms with Crippen LogP contribution in [0.5, 0.6) is 0 Å². The van der Waals surface area contributed by atoms with Gasteiger partial charge in [-0.3, -0.25) is 4.98 Å². The van der Waals surface area contributed by atoms with Gasteiger partial charge in [0.1, 0.15) is 11.0 Å². The van der Waals surface area contributed by atoms with Crippen LogP contribution in [0.15, 0.2) is 12.4 Å². The van der Waals surface area contributed by atoms with Crippen LogP contribution in [-0.2, 0) is 0 Å². The SMILES string of the molecule is CSC1CCCCN(c2cncc(Cl)n2)C1. The van der Waals surface area contributed by atoms with Crippen LogP contribution in [0.2, 0.25) is 5.15 Å². The lowest BCUT2D eigenvalue weighted by Gasteiger charge is -2.24. The van der Waals surface area contributed by atoms with E-state index in [1.54, 1.807) is 12.4 Å². The van der Waals surface area contributed by atoms with Crippen molar-refractivity contribution in [1.29, 1.82) is 0 Å². The van der Waals surface area contributed by atoms with E-state index in [2.05, 4.69) is 21.1 Å². The Morgan fingerprint density at radius 2 is 2.31 bits per heavy atom. The van der Waals surface area contributed by atoms with Crippen molar-refractivity contribution in [2.75, 3.05) is 24.2 Å². The summed E-state index contributed by atoms with van der Waals surface area (Å²) in [6.45, 7) is 2.11. The average Bonchev–Trinajstić information content (AvgIpc) is 2.54. The minimum absolute atomic E-state index is 0.474. The van der Waals surface area contributed by atoms with E-state index in [1.807, 2.05) is 11.8 Å². The Labute approximate surface area is 106 Å². The highest BCUT2D eigenvalue weighted by Crippen LogP contribution is 2.23. The van der Waals surface area contributed by atoms with Crippen LogP contribution in [0.25, 0.3) is 0 Å². The molecular weight excluding hydrogens is 242 g/mol. The summed E-state index contributed by atoms with van der Waals surface area (Å²) < 4.78 is 0. The van der Waals surface area contributed by atoms with Gasteiger partial charge in [0.15, 0.2) is 0 Å². The molecule has 0 aromatic carbocycles. The first-order valence-electron chi connectivity index (χ1n) is 5.55. The van der Waals surface area contributed by atoms with E-state index in [0.717, 1.165) is 18.9 Å². The Morgan fingerprint density at radius 1 is 1.44 bits per heavy atom. The maximum Gasteiger partial charge on any atom is 0.149 e. The lowest BCUT2D eigenvalue weighted by Crippen LogP contribution is -2.30. The van der Waals surface area contributed by atoms with Crippen molar-refractivity contribution >= 4 is 29.2 Å². The number of hydrogen-bond acceptors (Lipinski definition) is 4. The Bertz CT molecular complexity index is 348. The third kappa shape index (κ3) is 3.01. The number of anilines is 1. The van der Waals surface area contributed by atoms with Crippen LogP contribution in [-0.4, -0.2) is 34.6 Å². The molecule has 1 aliphatic rings. The highest BCUT2D eigenvalue weighted by molar-refractivity contribution is 7.99. The van der Waals surface area contributed by atoms with E-state index < -0.39 is 0 Å². The zero-order chi connectivity index (χ0) is 11.4. The van der Waals surface area contributed by atoms with Gasteiger partial charge in [0, 0.05) is 18.3 Å². The van der Waals surface area contributed by atoms with E-state index in [1.165, 1.54) is 19.3 Å². The van der Waals surface area contributed by atoms with Crippen LogP contribution in [0.1, 0.15) is 19.3 Å². The van der Waals surface area contributed by atoms with Gasteiger partial charge in [0.25, 0.3) is 0 Å². The largest absolute Gasteiger partial charge is 0.354 e. The molecule has 1 atom stereocenters. The summed E-state index contributed by atoms with van der Waals surface area (Å²) >= 11 is 7.81. The van der Waals surface area contributed by atoms with Crippen molar-refractivity contribution in [1.82, 2.24) is 9.97 Å². The Balaban J connectivity index is 2.12. The van der Waals surface area contributed by atoms with Crippen LogP contribution in [0.4, 0.5) is 5.82 Å². The molecule has 2 rings (SSSR count). The van der Waals surface area contributed by atoms with Gasteiger partial charge in [0.2, 0.25) is 0 Å². The first-order chi connectivity index (χ1) is 7.79. The lowest BCUT2D eigenvalue weighted by molar-refractivity contribution is 0.736. The number of rotatable bonds is 2. The molecule has 1 aliphatic heterocycles. The number of nitrogens with zero attached hydrogens (tertiary/aromatic N) is 3. The second-order valence-corrected chi connectivity index (χ2v) is 5.52.